The number of aliphatic hydroxyl groups is 1. The zero-order valence-electron chi connectivity index (χ0n) is 11.3. The van der Waals surface area contributed by atoms with Gasteiger partial charge in [0.05, 0.1) is 11.6 Å². The third kappa shape index (κ3) is 3.95. The van der Waals surface area contributed by atoms with E-state index in [4.69, 9.17) is 16.7 Å². The molecule has 2 N–H and O–H groups in total. The van der Waals surface area contributed by atoms with Crippen molar-refractivity contribution in [1.82, 2.24) is 4.72 Å². The van der Waals surface area contributed by atoms with Crippen molar-refractivity contribution in [3.05, 3.63) is 28.8 Å². The highest BCUT2D eigenvalue weighted by Gasteiger charge is 2.23. The summed E-state index contributed by atoms with van der Waals surface area (Å²) >= 11 is 5.99. The molecule has 1 aromatic rings. The van der Waals surface area contributed by atoms with Crippen LogP contribution < -0.4 is 4.72 Å². The fraction of sp³-hybridized carbons (Fsp3) is 0.571. The summed E-state index contributed by atoms with van der Waals surface area (Å²) < 4.78 is 27.6. The number of hydrogen-bond donors (Lipinski definition) is 2. The summed E-state index contributed by atoms with van der Waals surface area (Å²) in [6.45, 7) is -0.205. The fourth-order valence-corrected chi connectivity index (χ4v) is 4.39. The second-order valence-electron chi connectivity index (χ2n) is 5.23. The van der Waals surface area contributed by atoms with Gasteiger partial charge in [0.1, 0.15) is 4.90 Å². The number of nitrogens with one attached hydrogen (secondary N) is 1. The largest absolute Gasteiger partial charge is 0.392 e. The van der Waals surface area contributed by atoms with Gasteiger partial charge in [-0.2, -0.15) is 0 Å². The van der Waals surface area contributed by atoms with Crippen molar-refractivity contribution in [1.29, 1.82) is 0 Å². The Labute approximate surface area is 125 Å². The summed E-state index contributed by atoms with van der Waals surface area (Å²) in [5.41, 5.74) is 0.538. The Morgan fingerprint density at radius 1 is 1.20 bits per heavy atom. The predicted octanol–water partition coefficient (Wildman–Crippen LogP) is 2.83. The van der Waals surface area contributed by atoms with Crippen molar-refractivity contribution in [2.75, 3.05) is 0 Å². The Kier molecular flexibility index (Phi) is 5.43. The van der Waals surface area contributed by atoms with Crippen LogP contribution >= 0.6 is 11.6 Å². The molecule has 1 saturated carbocycles. The van der Waals surface area contributed by atoms with Crippen molar-refractivity contribution in [3.8, 4) is 0 Å². The van der Waals surface area contributed by atoms with Crippen molar-refractivity contribution in [2.45, 2.75) is 56.1 Å². The summed E-state index contributed by atoms with van der Waals surface area (Å²) in [7, 11) is -3.63. The zero-order valence-corrected chi connectivity index (χ0v) is 12.9. The minimum absolute atomic E-state index is 0.0173. The molecular weight excluding hydrogens is 298 g/mol. The molecule has 0 aromatic heterocycles. The van der Waals surface area contributed by atoms with Crippen molar-refractivity contribution < 1.29 is 13.5 Å². The van der Waals surface area contributed by atoms with Gasteiger partial charge in [0.2, 0.25) is 10.0 Å². The van der Waals surface area contributed by atoms with E-state index >= 15 is 0 Å². The Morgan fingerprint density at radius 3 is 2.45 bits per heavy atom. The zero-order chi connectivity index (χ0) is 14.6. The molecule has 0 radical (unpaired) electrons. The molecule has 0 bridgehead atoms. The maximum Gasteiger partial charge on any atom is 0.242 e. The quantitative estimate of drug-likeness (QED) is 0.839. The Bertz CT molecular complexity index is 552. The van der Waals surface area contributed by atoms with Crippen molar-refractivity contribution in [3.63, 3.8) is 0 Å². The van der Waals surface area contributed by atoms with Gasteiger partial charge in [0.15, 0.2) is 0 Å². The second-order valence-corrected chi connectivity index (χ2v) is 7.32. The first-order valence-corrected chi connectivity index (χ1v) is 8.80. The molecule has 1 aliphatic rings. The number of halogens is 1. The maximum atomic E-state index is 12.4. The first kappa shape index (κ1) is 15.8. The highest BCUT2D eigenvalue weighted by atomic mass is 35.5. The monoisotopic (exact) mass is 317 g/mol. The van der Waals surface area contributed by atoms with Gasteiger partial charge in [0.25, 0.3) is 0 Å². The molecule has 1 aliphatic carbocycles. The van der Waals surface area contributed by atoms with E-state index in [2.05, 4.69) is 4.72 Å². The van der Waals surface area contributed by atoms with E-state index < -0.39 is 10.0 Å². The summed E-state index contributed by atoms with van der Waals surface area (Å²) in [6, 6.07) is 4.54. The second kappa shape index (κ2) is 6.89. The minimum atomic E-state index is -3.63. The van der Waals surface area contributed by atoms with E-state index in [0.717, 1.165) is 25.7 Å². The van der Waals surface area contributed by atoms with Gasteiger partial charge in [-0.1, -0.05) is 43.4 Å². The molecule has 6 heteroatoms. The predicted molar refractivity (Wildman–Crippen MR) is 79.2 cm³/mol. The average molecular weight is 318 g/mol. The molecule has 0 heterocycles. The number of benzene rings is 1. The van der Waals surface area contributed by atoms with E-state index in [1.54, 1.807) is 6.07 Å². The molecule has 0 saturated heterocycles. The normalized spacial score (nSPS) is 17.9. The molecule has 0 amide bonds. The van der Waals surface area contributed by atoms with Crippen molar-refractivity contribution >= 4 is 21.6 Å². The summed E-state index contributed by atoms with van der Waals surface area (Å²) in [4.78, 5) is 0.0509. The molecule has 1 fully saturated rings. The van der Waals surface area contributed by atoms with E-state index in [9.17, 15) is 8.42 Å². The van der Waals surface area contributed by atoms with E-state index in [1.807, 2.05) is 0 Å². The van der Waals surface area contributed by atoms with Gasteiger partial charge in [-0.3, -0.25) is 0 Å². The molecular formula is C14H20ClNO3S. The van der Waals surface area contributed by atoms with Gasteiger partial charge < -0.3 is 5.11 Å². The van der Waals surface area contributed by atoms with Crippen LogP contribution in [0.3, 0.4) is 0 Å². The topological polar surface area (TPSA) is 66.4 Å². The first-order chi connectivity index (χ1) is 9.53. The number of rotatable bonds is 4. The summed E-state index contributed by atoms with van der Waals surface area (Å²) in [5, 5.41) is 9.30. The highest BCUT2D eigenvalue weighted by Crippen LogP contribution is 2.25. The van der Waals surface area contributed by atoms with Crippen LogP contribution in [0.5, 0.6) is 0 Å². The van der Waals surface area contributed by atoms with E-state index in [-0.39, 0.29) is 22.6 Å². The maximum absolute atomic E-state index is 12.4. The van der Waals surface area contributed by atoms with Gasteiger partial charge in [-0.25, -0.2) is 13.1 Å². The van der Waals surface area contributed by atoms with Crippen LogP contribution in [0.4, 0.5) is 0 Å². The Hall–Kier alpha value is -0.620. The molecule has 2 rings (SSSR count). The van der Waals surface area contributed by atoms with Gasteiger partial charge in [0, 0.05) is 6.04 Å². The van der Waals surface area contributed by atoms with Crippen LogP contribution in [0.2, 0.25) is 5.02 Å². The number of hydrogen-bond acceptors (Lipinski definition) is 3. The Balaban J connectivity index is 2.21. The summed E-state index contributed by atoms with van der Waals surface area (Å²) in [5.74, 6) is 0. The lowest BCUT2D eigenvalue weighted by Gasteiger charge is -2.17. The average Bonchev–Trinajstić information content (AvgIpc) is 2.67. The molecule has 0 spiro atoms. The SMILES string of the molecule is O=S(=O)(NC1CCCCCC1)c1cc(CO)ccc1Cl. The standard InChI is InChI=1S/C14H20ClNO3S/c15-13-8-7-11(10-17)9-14(13)20(18,19)16-12-5-3-1-2-4-6-12/h7-9,12,16-17H,1-6,10H2. The molecule has 0 aliphatic heterocycles. The number of aliphatic hydroxyl groups excluding tert-OH is 1. The third-order valence-electron chi connectivity index (χ3n) is 3.64. The molecule has 112 valence electrons. The van der Waals surface area contributed by atoms with Crippen LogP contribution in [-0.2, 0) is 16.6 Å². The molecule has 1 aromatic carbocycles. The van der Waals surface area contributed by atoms with Gasteiger partial charge in [-0.15, -0.1) is 0 Å². The number of sulfonamides is 1. The lowest BCUT2D eigenvalue weighted by atomic mass is 10.1. The smallest absolute Gasteiger partial charge is 0.242 e. The molecule has 20 heavy (non-hydrogen) atoms. The molecule has 4 nitrogen and oxygen atoms in total. The van der Waals surface area contributed by atoms with Crippen molar-refractivity contribution in [2.24, 2.45) is 0 Å². The summed E-state index contributed by atoms with van der Waals surface area (Å²) in [6.07, 6.45) is 6.18. The lowest BCUT2D eigenvalue weighted by molar-refractivity contribution is 0.281. The lowest BCUT2D eigenvalue weighted by Crippen LogP contribution is -2.34. The Morgan fingerprint density at radius 2 is 1.85 bits per heavy atom. The van der Waals surface area contributed by atoms with Crippen LogP contribution in [0.25, 0.3) is 0 Å². The molecule has 0 unspecified atom stereocenters. The van der Waals surface area contributed by atoms with Crippen LogP contribution in [-0.4, -0.2) is 19.6 Å². The highest BCUT2D eigenvalue weighted by molar-refractivity contribution is 7.89. The van der Waals surface area contributed by atoms with E-state index in [1.165, 1.54) is 25.0 Å². The van der Waals surface area contributed by atoms with E-state index in [0.29, 0.717) is 5.56 Å². The van der Waals surface area contributed by atoms with Crippen LogP contribution in [0, 0.1) is 0 Å². The first-order valence-electron chi connectivity index (χ1n) is 6.94. The molecule has 0 atom stereocenters. The third-order valence-corrected chi connectivity index (χ3v) is 5.65. The van der Waals surface area contributed by atoms with Gasteiger partial charge in [-0.05, 0) is 30.5 Å². The minimum Gasteiger partial charge on any atom is -0.392 e. The van der Waals surface area contributed by atoms with Crippen LogP contribution in [0.1, 0.15) is 44.1 Å². The fourth-order valence-electron chi connectivity index (χ4n) is 2.53. The van der Waals surface area contributed by atoms with Crippen LogP contribution in [0.15, 0.2) is 23.1 Å². The van der Waals surface area contributed by atoms with Gasteiger partial charge >= 0.3 is 0 Å².